The van der Waals surface area contributed by atoms with Crippen LogP contribution in [0.5, 0.6) is 0 Å². The predicted octanol–water partition coefficient (Wildman–Crippen LogP) is 1.24. The van der Waals surface area contributed by atoms with Crippen LogP contribution in [0, 0.1) is 6.92 Å². The van der Waals surface area contributed by atoms with Gasteiger partial charge in [-0.15, -0.1) is 0 Å². The molecule has 1 amide bonds. The van der Waals surface area contributed by atoms with E-state index in [-0.39, 0.29) is 12.5 Å². The number of carbonyl (C=O) groups is 1. The monoisotopic (exact) mass is 184 g/mol. The molecule has 0 spiro atoms. The van der Waals surface area contributed by atoms with Crippen LogP contribution in [0.25, 0.3) is 0 Å². The number of ether oxygens (including phenoxy) is 1. The smallest absolute Gasteiger partial charge is 0.248 e. The molecule has 1 fully saturated rings. The van der Waals surface area contributed by atoms with E-state index in [2.05, 4.69) is 6.92 Å². The largest absolute Gasteiger partial charge is 0.372 e. The number of hydrogen-bond donors (Lipinski definition) is 0. The molecule has 3 nitrogen and oxygen atoms in total. The first-order valence-electron chi connectivity index (χ1n) is 4.99. The lowest BCUT2D eigenvalue weighted by Gasteiger charge is -2.26. The molecule has 1 aliphatic rings. The molecule has 0 aromatic rings. The summed E-state index contributed by atoms with van der Waals surface area (Å²) in [4.78, 5) is 13.3. The molecular formula is C10H18NO2. The number of piperidine rings is 1. The van der Waals surface area contributed by atoms with Gasteiger partial charge >= 0.3 is 0 Å². The molecule has 3 heteroatoms. The summed E-state index contributed by atoms with van der Waals surface area (Å²) in [6, 6.07) is 0. The van der Waals surface area contributed by atoms with E-state index in [0.29, 0.717) is 6.61 Å². The Labute approximate surface area is 80.1 Å². The molecule has 0 N–H and O–H groups in total. The summed E-state index contributed by atoms with van der Waals surface area (Å²) in [6.07, 6.45) is 4.26. The van der Waals surface area contributed by atoms with Crippen LogP contribution in [0.4, 0.5) is 0 Å². The second-order valence-corrected chi connectivity index (χ2v) is 3.35. The van der Waals surface area contributed by atoms with Gasteiger partial charge in [0.25, 0.3) is 0 Å². The van der Waals surface area contributed by atoms with Crippen molar-refractivity contribution >= 4 is 5.91 Å². The van der Waals surface area contributed by atoms with Crippen LogP contribution < -0.4 is 0 Å². The van der Waals surface area contributed by atoms with Gasteiger partial charge in [0.2, 0.25) is 5.91 Å². The Morgan fingerprint density at radius 1 is 1.31 bits per heavy atom. The zero-order chi connectivity index (χ0) is 9.52. The van der Waals surface area contributed by atoms with E-state index in [4.69, 9.17) is 4.74 Å². The maximum atomic E-state index is 11.5. The molecule has 0 aliphatic carbocycles. The molecule has 0 unspecified atom stereocenters. The summed E-state index contributed by atoms with van der Waals surface area (Å²) in [5.74, 6) is 0.133. The lowest BCUT2D eigenvalue weighted by atomic mass is 10.1. The van der Waals surface area contributed by atoms with Gasteiger partial charge in [0.15, 0.2) is 0 Å². The Morgan fingerprint density at radius 2 is 2.00 bits per heavy atom. The first-order valence-corrected chi connectivity index (χ1v) is 4.99. The third-order valence-corrected chi connectivity index (χ3v) is 2.22. The Bertz CT molecular complexity index is 153. The number of amides is 1. The Morgan fingerprint density at radius 3 is 2.62 bits per heavy atom. The highest BCUT2D eigenvalue weighted by Crippen LogP contribution is 2.08. The van der Waals surface area contributed by atoms with Gasteiger partial charge in [-0.25, -0.2) is 0 Å². The molecule has 13 heavy (non-hydrogen) atoms. The zero-order valence-electron chi connectivity index (χ0n) is 8.13. The molecule has 0 bridgehead atoms. The average molecular weight is 184 g/mol. The highest BCUT2D eigenvalue weighted by atomic mass is 16.5. The van der Waals surface area contributed by atoms with Crippen LogP contribution in [0.2, 0.25) is 0 Å². The molecule has 1 rings (SSSR count). The summed E-state index contributed by atoms with van der Waals surface area (Å²) in [5, 5.41) is 0. The van der Waals surface area contributed by atoms with E-state index in [1.165, 1.54) is 6.42 Å². The van der Waals surface area contributed by atoms with Crippen molar-refractivity contribution in [2.75, 3.05) is 26.3 Å². The number of carbonyl (C=O) groups excluding carboxylic acids is 1. The van der Waals surface area contributed by atoms with Crippen LogP contribution in [-0.2, 0) is 9.53 Å². The first-order chi connectivity index (χ1) is 6.34. The maximum Gasteiger partial charge on any atom is 0.248 e. The summed E-state index contributed by atoms with van der Waals surface area (Å²) < 4.78 is 5.14. The summed E-state index contributed by atoms with van der Waals surface area (Å²) in [6.45, 7) is 6.28. The van der Waals surface area contributed by atoms with E-state index in [0.717, 1.165) is 32.4 Å². The van der Waals surface area contributed by atoms with E-state index >= 15 is 0 Å². The number of nitrogens with zero attached hydrogens (tertiary/aromatic N) is 1. The van der Waals surface area contributed by atoms with Crippen molar-refractivity contribution in [2.45, 2.75) is 25.7 Å². The lowest BCUT2D eigenvalue weighted by molar-refractivity contribution is -0.136. The van der Waals surface area contributed by atoms with E-state index in [9.17, 15) is 4.79 Å². The molecule has 0 saturated carbocycles. The molecule has 1 heterocycles. The number of rotatable bonds is 4. The van der Waals surface area contributed by atoms with Gasteiger partial charge in [-0.05, 0) is 25.7 Å². The maximum absolute atomic E-state index is 11.5. The minimum absolute atomic E-state index is 0.133. The van der Waals surface area contributed by atoms with Gasteiger partial charge < -0.3 is 9.64 Å². The minimum atomic E-state index is 0.133. The number of hydrogen-bond acceptors (Lipinski definition) is 2. The van der Waals surface area contributed by atoms with Gasteiger partial charge in [0, 0.05) is 19.7 Å². The molecule has 1 radical (unpaired) electrons. The molecule has 75 valence electrons. The van der Waals surface area contributed by atoms with Crippen molar-refractivity contribution in [1.82, 2.24) is 4.90 Å². The molecule has 1 aliphatic heterocycles. The van der Waals surface area contributed by atoms with Crippen LogP contribution in [0.15, 0.2) is 0 Å². The van der Waals surface area contributed by atoms with Gasteiger partial charge in [-0.1, -0.05) is 6.92 Å². The molecular weight excluding hydrogens is 166 g/mol. The molecule has 1 saturated heterocycles. The van der Waals surface area contributed by atoms with Crippen LogP contribution in [0.3, 0.4) is 0 Å². The van der Waals surface area contributed by atoms with Crippen molar-refractivity contribution in [3.05, 3.63) is 6.92 Å². The highest BCUT2D eigenvalue weighted by molar-refractivity contribution is 5.77. The fourth-order valence-corrected chi connectivity index (χ4v) is 1.50. The lowest BCUT2D eigenvalue weighted by Crippen LogP contribution is -2.38. The van der Waals surface area contributed by atoms with Crippen LogP contribution >= 0.6 is 0 Å². The van der Waals surface area contributed by atoms with Gasteiger partial charge in [0.05, 0.1) is 0 Å². The summed E-state index contributed by atoms with van der Waals surface area (Å²) in [7, 11) is 0. The van der Waals surface area contributed by atoms with Crippen molar-refractivity contribution in [2.24, 2.45) is 0 Å². The van der Waals surface area contributed by atoms with Crippen molar-refractivity contribution in [3.63, 3.8) is 0 Å². The standard InChI is InChI=1S/C10H18NO2/c1-2-8-13-9-10(12)11-6-4-3-5-7-11/h1-9H2. The second kappa shape index (κ2) is 5.97. The Balaban J connectivity index is 2.13. The van der Waals surface area contributed by atoms with Gasteiger partial charge in [-0.2, -0.15) is 0 Å². The molecule has 0 aromatic heterocycles. The molecule has 0 atom stereocenters. The normalized spacial score (nSPS) is 17.5. The van der Waals surface area contributed by atoms with Gasteiger partial charge in [-0.3, -0.25) is 4.79 Å². The van der Waals surface area contributed by atoms with E-state index in [1.54, 1.807) is 0 Å². The fourth-order valence-electron chi connectivity index (χ4n) is 1.50. The predicted molar refractivity (Wildman–Crippen MR) is 51.2 cm³/mol. The zero-order valence-corrected chi connectivity index (χ0v) is 8.13. The van der Waals surface area contributed by atoms with Crippen molar-refractivity contribution in [1.29, 1.82) is 0 Å². The second-order valence-electron chi connectivity index (χ2n) is 3.35. The van der Waals surface area contributed by atoms with Crippen LogP contribution in [-0.4, -0.2) is 37.1 Å². The van der Waals surface area contributed by atoms with Gasteiger partial charge in [0.1, 0.15) is 6.61 Å². The first kappa shape index (κ1) is 10.5. The number of likely N-dealkylation sites (tertiary alicyclic amines) is 1. The SMILES string of the molecule is [CH2]CCOCC(=O)N1CCCCC1. The summed E-state index contributed by atoms with van der Waals surface area (Å²) >= 11 is 0. The fraction of sp³-hybridized carbons (Fsp3) is 0.800. The van der Waals surface area contributed by atoms with Crippen molar-refractivity contribution < 1.29 is 9.53 Å². The third-order valence-electron chi connectivity index (χ3n) is 2.22. The topological polar surface area (TPSA) is 29.5 Å². The van der Waals surface area contributed by atoms with Crippen molar-refractivity contribution in [3.8, 4) is 0 Å². The average Bonchev–Trinajstić information content (AvgIpc) is 2.19. The summed E-state index contributed by atoms with van der Waals surface area (Å²) in [5.41, 5.74) is 0. The Kier molecular flexibility index (Phi) is 4.83. The third kappa shape index (κ3) is 3.77. The van der Waals surface area contributed by atoms with Crippen LogP contribution in [0.1, 0.15) is 25.7 Å². The van der Waals surface area contributed by atoms with E-state index in [1.807, 2.05) is 4.90 Å². The Hall–Kier alpha value is -0.570. The quantitative estimate of drug-likeness (QED) is 0.615. The van der Waals surface area contributed by atoms with E-state index < -0.39 is 0 Å². The molecule has 0 aromatic carbocycles. The minimum Gasteiger partial charge on any atom is -0.372 e. The highest BCUT2D eigenvalue weighted by Gasteiger charge is 2.15.